The van der Waals surface area contributed by atoms with Crippen molar-refractivity contribution in [2.45, 2.75) is 20.4 Å². The van der Waals surface area contributed by atoms with Crippen LogP contribution >= 0.6 is 0 Å². The minimum Gasteiger partial charge on any atom is -0.497 e. The molecular formula is C14H16N2O3. The molecule has 5 nitrogen and oxygen atoms in total. The predicted octanol–water partition coefficient (Wildman–Crippen LogP) is 2.59. The fourth-order valence-electron chi connectivity index (χ4n) is 2.09. The van der Waals surface area contributed by atoms with Gasteiger partial charge in [-0.2, -0.15) is 5.10 Å². The van der Waals surface area contributed by atoms with Crippen LogP contribution in [0.3, 0.4) is 0 Å². The Morgan fingerprint density at radius 2 is 2.16 bits per heavy atom. The van der Waals surface area contributed by atoms with Crippen LogP contribution < -0.4 is 4.74 Å². The summed E-state index contributed by atoms with van der Waals surface area (Å²) in [5.41, 5.74) is 2.67. The topological polar surface area (TPSA) is 64.4 Å². The fraction of sp³-hybridized carbons (Fsp3) is 0.286. The molecule has 0 saturated carbocycles. The summed E-state index contributed by atoms with van der Waals surface area (Å²) in [4.78, 5) is 11.4. The fourth-order valence-corrected chi connectivity index (χ4v) is 2.09. The van der Waals surface area contributed by atoms with Crippen molar-refractivity contribution in [3.8, 4) is 16.9 Å². The first-order valence-corrected chi connectivity index (χ1v) is 6.02. The van der Waals surface area contributed by atoms with Crippen molar-refractivity contribution >= 4 is 5.97 Å². The average molecular weight is 260 g/mol. The van der Waals surface area contributed by atoms with Gasteiger partial charge in [0.05, 0.1) is 18.9 Å². The number of aromatic carboxylic acids is 1. The maximum absolute atomic E-state index is 11.4. The normalized spacial score (nSPS) is 10.5. The number of ether oxygens (including phenoxy) is 1. The number of aromatic nitrogens is 2. The second-order valence-electron chi connectivity index (χ2n) is 4.18. The zero-order chi connectivity index (χ0) is 14.0. The van der Waals surface area contributed by atoms with Crippen LogP contribution in [0.1, 0.15) is 23.0 Å². The largest absolute Gasteiger partial charge is 0.497 e. The highest BCUT2D eigenvalue weighted by atomic mass is 16.5. The Morgan fingerprint density at radius 1 is 1.42 bits per heavy atom. The smallest absolute Gasteiger partial charge is 0.336 e. The number of benzene rings is 1. The monoisotopic (exact) mass is 260 g/mol. The third-order valence-corrected chi connectivity index (χ3v) is 3.15. The molecule has 0 fully saturated rings. The molecule has 0 spiro atoms. The predicted molar refractivity (Wildman–Crippen MR) is 71.6 cm³/mol. The van der Waals surface area contributed by atoms with Crippen molar-refractivity contribution in [2.24, 2.45) is 0 Å². The zero-order valence-electron chi connectivity index (χ0n) is 11.2. The van der Waals surface area contributed by atoms with E-state index in [2.05, 4.69) is 5.10 Å². The van der Waals surface area contributed by atoms with Crippen LogP contribution in [0.4, 0.5) is 0 Å². The molecular weight excluding hydrogens is 244 g/mol. The first kappa shape index (κ1) is 13.1. The molecule has 5 heteroatoms. The Kier molecular flexibility index (Phi) is 3.55. The Labute approximate surface area is 111 Å². The van der Waals surface area contributed by atoms with Crippen molar-refractivity contribution in [3.05, 3.63) is 35.7 Å². The van der Waals surface area contributed by atoms with E-state index in [4.69, 9.17) is 4.74 Å². The summed E-state index contributed by atoms with van der Waals surface area (Å²) in [5.74, 6) is -0.445. The van der Waals surface area contributed by atoms with Gasteiger partial charge in [0.1, 0.15) is 5.75 Å². The molecule has 0 amide bonds. The molecule has 0 saturated heterocycles. The molecule has 0 aliphatic heterocycles. The van der Waals surface area contributed by atoms with Gasteiger partial charge >= 0.3 is 5.97 Å². The molecule has 19 heavy (non-hydrogen) atoms. The molecule has 1 heterocycles. The standard InChI is InChI=1S/C14H16N2O3/c1-4-16-9(2)13(8-15-16)11-6-5-10(19-3)7-12(11)14(17)18/h5-8H,4H2,1-3H3,(H,17,18). The first-order chi connectivity index (χ1) is 9.08. The summed E-state index contributed by atoms with van der Waals surface area (Å²) < 4.78 is 6.91. The van der Waals surface area contributed by atoms with Crippen LogP contribution in [-0.4, -0.2) is 28.0 Å². The summed E-state index contributed by atoms with van der Waals surface area (Å²) in [6, 6.07) is 5.04. The third kappa shape index (κ3) is 2.31. The Morgan fingerprint density at radius 3 is 2.68 bits per heavy atom. The van der Waals surface area contributed by atoms with Gasteiger partial charge in [0.25, 0.3) is 0 Å². The SMILES string of the molecule is CCn1ncc(-c2ccc(OC)cc2C(=O)O)c1C. The highest BCUT2D eigenvalue weighted by Crippen LogP contribution is 2.29. The van der Waals surface area contributed by atoms with Gasteiger partial charge < -0.3 is 9.84 Å². The number of hydrogen-bond donors (Lipinski definition) is 1. The molecule has 0 bridgehead atoms. The molecule has 2 aromatic rings. The number of nitrogens with zero attached hydrogens (tertiary/aromatic N) is 2. The van der Waals surface area contributed by atoms with Crippen molar-refractivity contribution in [3.63, 3.8) is 0 Å². The second-order valence-corrected chi connectivity index (χ2v) is 4.18. The first-order valence-electron chi connectivity index (χ1n) is 6.02. The molecule has 100 valence electrons. The number of methoxy groups -OCH3 is 1. The van der Waals surface area contributed by atoms with Crippen molar-refractivity contribution in [2.75, 3.05) is 7.11 Å². The summed E-state index contributed by atoms with van der Waals surface area (Å²) in [6.07, 6.45) is 1.70. The van der Waals surface area contributed by atoms with Crippen LogP contribution in [0.25, 0.3) is 11.1 Å². The highest BCUT2D eigenvalue weighted by Gasteiger charge is 2.16. The quantitative estimate of drug-likeness (QED) is 0.917. The third-order valence-electron chi connectivity index (χ3n) is 3.15. The second kappa shape index (κ2) is 5.14. The molecule has 2 rings (SSSR count). The van der Waals surface area contributed by atoms with E-state index in [1.54, 1.807) is 18.3 Å². The maximum atomic E-state index is 11.4. The van der Waals surface area contributed by atoms with E-state index in [1.165, 1.54) is 13.2 Å². The van der Waals surface area contributed by atoms with Gasteiger partial charge in [-0.05, 0) is 37.6 Å². The highest BCUT2D eigenvalue weighted by molar-refractivity contribution is 5.96. The number of rotatable bonds is 4. The molecule has 0 radical (unpaired) electrons. The van der Waals surface area contributed by atoms with Crippen molar-refractivity contribution < 1.29 is 14.6 Å². The summed E-state index contributed by atoms with van der Waals surface area (Å²) in [6.45, 7) is 4.68. The zero-order valence-corrected chi connectivity index (χ0v) is 11.2. The van der Waals surface area contributed by atoms with Gasteiger partial charge in [-0.1, -0.05) is 0 Å². The van der Waals surface area contributed by atoms with Gasteiger partial charge in [-0.15, -0.1) is 0 Å². The summed E-state index contributed by atoms with van der Waals surface area (Å²) in [5, 5.41) is 13.6. The lowest BCUT2D eigenvalue weighted by Gasteiger charge is -2.08. The van der Waals surface area contributed by atoms with Gasteiger partial charge in [0, 0.05) is 17.8 Å². The van der Waals surface area contributed by atoms with E-state index in [0.717, 1.165) is 17.8 Å². The Hall–Kier alpha value is -2.30. The molecule has 1 aromatic carbocycles. The minimum absolute atomic E-state index is 0.220. The minimum atomic E-state index is -0.974. The average Bonchev–Trinajstić information content (AvgIpc) is 2.79. The molecule has 1 N–H and O–H groups in total. The van der Waals surface area contributed by atoms with Crippen LogP contribution in [0.15, 0.2) is 24.4 Å². The summed E-state index contributed by atoms with van der Waals surface area (Å²) in [7, 11) is 1.51. The molecule has 0 atom stereocenters. The van der Waals surface area contributed by atoms with Crippen LogP contribution in [0.2, 0.25) is 0 Å². The van der Waals surface area contributed by atoms with E-state index < -0.39 is 5.97 Å². The van der Waals surface area contributed by atoms with Gasteiger partial charge in [0.2, 0.25) is 0 Å². The van der Waals surface area contributed by atoms with E-state index in [9.17, 15) is 9.90 Å². The Bertz CT molecular complexity index is 617. The number of carboxylic acid groups (broad SMARTS) is 1. The van der Waals surface area contributed by atoms with Gasteiger partial charge in [-0.25, -0.2) is 4.79 Å². The van der Waals surface area contributed by atoms with Gasteiger partial charge in [-0.3, -0.25) is 4.68 Å². The van der Waals surface area contributed by atoms with Crippen molar-refractivity contribution in [1.82, 2.24) is 9.78 Å². The van der Waals surface area contributed by atoms with E-state index in [1.807, 2.05) is 18.5 Å². The molecule has 1 aromatic heterocycles. The molecule has 0 unspecified atom stereocenters. The number of aryl methyl sites for hydroxylation is 1. The molecule has 0 aliphatic carbocycles. The lowest BCUT2D eigenvalue weighted by Crippen LogP contribution is -2.02. The molecule has 0 aliphatic rings. The van der Waals surface area contributed by atoms with E-state index >= 15 is 0 Å². The van der Waals surface area contributed by atoms with Crippen LogP contribution in [0.5, 0.6) is 5.75 Å². The summed E-state index contributed by atoms with van der Waals surface area (Å²) >= 11 is 0. The number of carbonyl (C=O) groups is 1. The lowest BCUT2D eigenvalue weighted by atomic mass is 10.00. The lowest BCUT2D eigenvalue weighted by molar-refractivity contribution is 0.0697. The van der Waals surface area contributed by atoms with Crippen LogP contribution in [-0.2, 0) is 6.54 Å². The number of carboxylic acids is 1. The van der Waals surface area contributed by atoms with Crippen molar-refractivity contribution in [1.29, 1.82) is 0 Å². The van der Waals surface area contributed by atoms with Crippen LogP contribution in [0, 0.1) is 6.92 Å². The Balaban J connectivity index is 2.61. The van der Waals surface area contributed by atoms with E-state index in [0.29, 0.717) is 11.3 Å². The van der Waals surface area contributed by atoms with E-state index in [-0.39, 0.29) is 5.56 Å². The van der Waals surface area contributed by atoms with Gasteiger partial charge in [0.15, 0.2) is 0 Å². The maximum Gasteiger partial charge on any atom is 0.336 e. The number of hydrogen-bond acceptors (Lipinski definition) is 3.